The third-order valence-electron chi connectivity index (χ3n) is 4.35. The fourth-order valence-electron chi connectivity index (χ4n) is 3.09. The van der Waals surface area contributed by atoms with Gasteiger partial charge in [-0.2, -0.15) is 10.1 Å². The van der Waals surface area contributed by atoms with Crippen LogP contribution in [-0.2, 0) is 11.3 Å². The van der Waals surface area contributed by atoms with Crippen LogP contribution in [0.5, 0.6) is 5.88 Å². The number of aromatic nitrogens is 3. The van der Waals surface area contributed by atoms with Crippen LogP contribution >= 0.6 is 0 Å². The molecule has 2 aromatic heterocycles. The van der Waals surface area contributed by atoms with E-state index in [4.69, 9.17) is 9.57 Å². The maximum Gasteiger partial charge on any atom is 0.278 e. The smallest absolute Gasteiger partial charge is 0.278 e. The molecular formula is C19H26N6O3. The van der Waals surface area contributed by atoms with E-state index in [1.54, 1.807) is 18.2 Å². The van der Waals surface area contributed by atoms with E-state index >= 15 is 0 Å². The van der Waals surface area contributed by atoms with Gasteiger partial charge < -0.3 is 19.8 Å². The van der Waals surface area contributed by atoms with Gasteiger partial charge in [0.25, 0.3) is 5.91 Å². The number of rotatable bonds is 8. The molecule has 150 valence electrons. The normalized spacial score (nSPS) is 14.8. The number of nitrogens with zero attached hydrogens (tertiary/aromatic N) is 4. The SMILES string of the molecule is CON=C1CCCc2[nH]nc(C(=O)Nc3cccc(OCCCN(C)C)n3)c21. The molecule has 28 heavy (non-hydrogen) atoms. The maximum absolute atomic E-state index is 12.8. The Balaban J connectivity index is 1.68. The van der Waals surface area contributed by atoms with Crippen LogP contribution in [0.2, 0.25) is 0 Å². The molecule has 0 saturated heterocycles. The fraction of sp³-hybridized carbons (Fsp3) is 0.474. The number of amides is 1. The molecule has 9 heteroatoms. The predicted octanol–water partition coefficient (Wildman–Crippen LogP) is 2.07. The number of fused-ring (bicyclic) bond motifs is 1. The number of H-pyrrole nitrogens is 1. The van der Waals surface area contributed by atoms with Crippen LogP contribution in [0.3, 0.4) is 0 Å². The molecule has 0 unspecified atom stereocenters. The molecule has 3 rings (SSSR count). The highest BCUT2D eigenvalue weighted by atomic mass is 16.6. The topological polar surface area (TPSA) is 105 Å². The Hall–Kier alpha value is -2.94. The van der Waals surface area contributed by atoms with Gasteiger partial charge >= 0.3 is 0 Å². The van der Waals surface area contributed by atoms with Crippen molar-refractivity contribution in [3.8, 4) is 5.88 Å². The molecule has 1 aliphatic carbocycles. The number of ether oxygens (including phenoxy) is 1. The zero-order valence-electron chi connectivity index (χ0n) is 16.5. The third-order valence-corrected chi connectivity index (χ3v) is 4.35. The summed E-state index contributed by atoms with van der Waals surface area (Å²) in [4.78, 5) is 24.1. The molecular weight excluding hydrogens is 360 g/mol. The summed E-state index contributed by atoms with van der Waals surface area (Å²) >= 11 is 0. The van der Waals surface area contributed by atoms with Crippen LogP contribution < -0.4 is 10.1 Å². The zero-order chi connectivity index (χ0) is 19.9. The van der Waals surface area contributed by atoms with Crippen molar-refractivity contribution in [2.75, 3.05) is 39.7 Å². The Kier molecular flexibility index (Phi) is 6.59. The number of oxime groups is 1. The molecule has 9 nitrogen and oxygen atoms in total. The van der Waals surface area contributed by atoms with Crippen molar-refractivity contribution in [2.24, 2.45) is 5.16 Å². The summed E-state index contributed by atoms with van der Waals surface area (Å²) < 4.78 is 5.66. The molecule has 0 aromatic carbocycles. The highest BCUT2D eigenvalue weighted by Gasteiger charge is 2.27. The highest BCUT2D eigenvalue weighted by Crippen LogP contribution is 2.24. The highest BCUT2D eigenvalue weighted by molar-refractivity contribution is 6.13. The second kappa shape index (κ2) is 9.32. The third kappa shape index (κ3) is 4.86. The number of aromatic amines is 1. The Morgan fingerprint density at radius 2 is 2.21 bits per heavy atom. The maximum atomic E-state index is 12.8. The molecule has 0 aliphatic heterocycles. The number of carbonyl (C=O) groups is 1. The molecule has 2 N–H and O–H groups in total. The lowest BCUT2D eigenvalue weighted by Crippen LogP contribution is -2.20. The summed E-state index contributed by atoms with van der Waals surface area (Å²) in [6.45, 7) is 1.50. The van der Waals surface area contributed by atoms with Gasteiger partial charge in [0.2, 0.25) is 5.88 Å². The van der Waals surface area contributed by atoms with E-state index in [1.807, 2.05) is 14.1 Å². The molecule has 0 saturated carbocycles. The predicted molar refractivity (Wildman–Crippen MR) is 106 cm³/mol. The summed E-state index contributed by atoms with van der Waals surface area (Å²) in [5.74, 6) is 0.538. The van der Waals surface area contributed by atoms with Gasteiger partial charge in [-0.25, -0.2) is 0 Å². The van der Waals surface area contributed by atoms with Crippen molar-refractivity contribution in [1.82, 2.24) is 20.1 Å². The number of aryl methyl sites for hydroxylation is 1. The summed E-state index contributed by atoms with van der Waals surface area (Å²) in [6.07, 6.45) is 3.40. The summed E-state index contributed by atoms with van der Waals surface area (Å²) in [6, 6.07) is 5.28. The van der Waals surface area contributed by atoms with E-state index in [0.29, 0.717) is 24.0 Å². The van der Waals surface area contributed by atoms with Crippen LogP contribution in [0.15, 0.2) is 23.4 Å². The lowest BCUT2D eigenvalue weighted by Gasteiger charge is -2.13. The molecule has 1 aliphatic rings. The minimum atomic E-state index is -0.347. The van der Waals surface area contributed by atoms with Crippen LogP contribution in [0.4, 0.5) is 5.82 Å². The lowest BCUT2D eigenvalue weighted by molar-refractivity contribution is 0.102. The molecule has 2 aromatic rings. The second-order valence-corrected chi connectivity index (χ2v) is 6.82. The van der Waals surface area contributed by atoms with E-state index in [2.05, 4.69) is 30.6 Å². The fourth-order valence-corrected chi connectivity index (χ4v) is 3.09. The van der Waals surface area contributed by atoms with Crippen LogP contribution in [-0.4, -0.2) is 66.1 Å². The Bertz CT molecular complexity index is 846. The summed E-state index contributed by atoms with van der Waals surface area (Å²) in [5, 5.41) is 14.0. The minimum Gasteiger partial charge on any atom is -0.478 e. The first-order valence-corrected chi connectivity index (χ1v) is 9.32. The Morgan fingerprint density at radius 1 is 1.36 bits per heavy atom. The van der Waals surface area contributed by atoms with E-state index < -0.39 is 0 Å². The van der Waals surface area contributed by atoms with Crippen LogP contribution in [0, 0.1) is 0 Å². The number of hydrogen-bond acceptors (Lipinski definition) is 7. The van der Waals surface area contributed by atoms with Gasteiger partial charge in [-0.15, -0.1) is 0 Å². The van der Waals surface area contributed by atoms with Crippen molar-refractivity contribution in [2.45, 2.75) is 25.7 Å². The first kappa shape index (κ1) is 19.8. The Labute approximate surface area is 164 Å². The monoisotopic (exact) mass is 386 g/mol. The molecule has 0 bridgehead atoms. The van der Waals surface area contributed by atoms with E-state index in [0.717, 1.165) is 49.2 Å². The standard InChI is InChI=1S/C19H26N6O3/c1-25(2)11-6-12-28-16-10-5-9-15(20-16)21-19(26)18-17-13(22-23-18)7-4-8-14(17)24-27-3/h5,9-10H,4,6-8,11-12H2,1-3H3,(H,22,23)(H,20,21,26). The van der Waals surface area contributed by atoms with E-state index in [9.17, 15) is 4.79 Å². The number of hydrogen-bond donors (Lipinski definition) is 2. The van der Waals surface area contributed by atoms with Gasteiger partial charge in [0, 0.05) is 18.3 Å². The average Bonchev–Trinajstić information content (AvgIpc) is 3.11. The van der Waals surface area contributed by atoms with Gasteiger partial charge in [-0.1, -0.05) is 11.2 Å². The van der Waals surface area contributed by atoms with E-state index in [1.165, 1.54) is 7.11 Å². The molecule has 0 radical (unpaired) electrons. The van der Waals surface area contributed by atoms with Gasteiger partial charge in [-0.3, -0.25) is 9.89 Å². The number of nitrogens with one attached hydrogen (secondary N) is 2. The number of pyridine rings is 1. The van der Waals surface area contributed by atoms with Crippen LogP contribution in [0.25, 0.3) is 0 Å². The largest absolute Gasteiger partial charge is 0.478 e. The molecule has 0 atom stereocenters. The Morgan fingerprint density at radius 3 is 3.00 bits per heavy atom. The van der Waals surface area contributed by atoms with Crippen molar-refractivity contribution in [3.63, 3.8) is 0 Å². The number of anilines is 1. The minimum absolute atomic E-state index is 0.296. The van der Waals surface area contributed by atoms with Gasteiger partial charge in [0.1, 0.15) is 12.9 Å². The first-order valence-electron chi connectivity index (χ1n) is 9.32. The lowest BCUT2D eigenvalue weighted by atomic mass is 9.93. The summed E-state index contributed by atoms with van der Waals surface area (Å²) in [5.41, 5.74) is 2.65. The average molecular weight is 386 g/mol. The zero-order valence-corrected chi connectivity index (χ0v) is 16.5. The van der Waals surface area contributed by atoms with Gasteiger partial charge in [0.15, 0.2) is 5.69 Å². The quantitative estimate of drug-likeness (QED) is 0.532. The second-order valence-electron chi connectivity index (χ2n) is 6.82. The van der Waals surface area contributed by atoms with Crippen molar-refractivity contribution in [3.05, 3.63) is 35.2 Å². The number of carbonyl (C=O) groups excluding carboxylic acids is 1. The first-order chi connectivity index (χ1) is 13.6. The molecule has 0 fully saturated rings. The van der Waals surface area contributed by atoms with Crippen molar-refractivity contribution >= 4 is 17.4 Å². The van der Waals surface area contributed by atoms with E-state index in [-0.39, 0.29) is 5.91 Å². The van der Waals surface area contributed by atoms with Gasteiger partial charge in [-0.05, 0) is 45.8 Å². The van der Waals surface area contributed by atoms with Crippen LogP contribution in [0.1, 0.15) is 41.0 Å². The van der Waals surface area contributed by atoms with Gasteiger partial charge in [0.05, 0.1) is 17.9 Å². The molecule has 2 heterocycles. The molecule has 1 amide bonds. The van der Waals surface area contributed by atoms with Crippen molar-refractivity contribution < 1.29 is 14.4 Å². The summed E-state index contributed by atoms with van der Waals surface area (Å²) in [7, 11) is 5.53. The molecule has 0 spiro atoms. The van der Waals surface area contributed by atoms with Crippen molar-refractivity contribution in [1.29, 1.82) is 0 Å².